The van der Waals surface area contributed by atoms with E-state index in [1.165, 1.54) is 0 Å². The first-order valence-corrected chi connectivity index (χ1v) is 5.05. The molecule has 2 rings (SSSR count). The first-order valence-electron chi connectivity index (χ1n) is 5.05. The van der Waals surface area contributed by atoms with Gasteiger partial charge in [0.05, 0.1) is 12.7 Å². The van der Waals surface area contributed by atoms with E-state index >= 15 is 0 Å². The highest BCUT2D eigenvalue weighted by Crippen LogP contribution is 2.29. The monoisotopic (exact) mass is 199 g/mol. The molecule has 2 saturated heterocycles. The number of likely N-dealkylation sites (tertiary alicyclic amines) is 1. The van der Waals surface area contributed by atoms with Gasteiger partial charge in [0.25, 0.3) is 0 Å². The van der Waals surface area contributed by atoms with Crippen molar-refractivity contribution in [3.05, 3.63) is 0 Å². The molecule has 0 aromatic rings. The van der Waals surface area contributed by atoms with E-state index < -0.39 is 5.60 Å². The molecule has 80 valence electrons. The molecule has 0 bridgehead atoms. The van der Waals surface area contributed by atoms with E-state index in [0.29, 0.717) is 12.0 Å². The van der Waals surface area contributed by atoms with Gasteiger partial charge in [-0.3, -0.25) is 0 Å². The molecule has 2 heterocycles. The number of rotatable bonds is 1. The second-order valence-corrected chi connectivity index (χ2v) is 5.02. The molecule has 0 aromatic heterocycles. The van der Waals surface area contributed by atoms with Crippen LogP contribution < -0.4 is 0 Å². The van der Waals surface area contributed by atoms with Crippen molar-refractivity contribution in [3.63, 3.8) is 0 Å². The second-order valence-electron chi connectivity index (χ2n) is 5.02. The van der Waals surface area contributed by atoms with E-state index in [0.717, 1.165) is 19.7 Å². The van der Waals surface area contributed by atoms with E-state index in [-0.39, 0.29) is 6.09 Å². The van der Waals surface area contributed by atoms with Crippen LogP contribution in [0.1, 0.15) is 20.8 Å². The zero-order valence-corrected chi connectivity index (χ0v) is 8.95. The minimum Gasteiger partial charge on any atom is -0.444 e. The molecule has 0 saturated carbocycles. The van der Waals surface area contributed by atoms with Crippen molar-refractivity contribution in [2.75, 3.05) is 19.7 Å². The third-order valence-corrected chi connectivity index (χ3v) is 2.45. The number of amides is 1. The zero-order chi connectivity index (χ0) is 10.3. The maximum absolute atomic E-state index is 11.5. The Balaban J connectivity index is 1.73. The maximum Gasteiger partial charge on any atom is 0.410 e. The largest absolute Gasteiger partial charge is 0.444 e. The summed E-state index contributed by atoms with van der Waals surface area (Å²) >= 11 is 0. The molecule has 2 aliphatic heterocycles. The Morgan fingerprint density at radius 1 is 1.43 bits per heavy atom. The normalized spacial score (nSPS) is 27.1. The quantitative estimate of drug-likeness (QED) is 0.597. The zero-order valence-electron chi connectivity index (χ0n) is 8.95. The molecule has 1 atom stereocenters. The van der Waals surface area contributed by atoms with Crippen LogP contribution in [0, 0.1) is 5.92 Å². The van der Waals surface area contributed by atoms with Crippen LogP contribution in [-0.4, -0.2) is 42.4 Å². The van der Waals surface area contributed by atoms with E-state index in [2.05, 4.69) is 0 Å². The van der Waals surface area contributed by atoms with Gasteiger partial charge in [0.2, 0.25) is 0 Å². The topological polar surface area (TPSA) is 42.1 Å². The lowest BCUT2D eigenvalue weighted by Crippen LogP contribution is -2.53. The van der Waals surface area contributed by atoms with Crippen molar-refractivity contribution in [3.8, 4) is 0 Å². The minimum atomic E-state index is -0.391. The first kappa shape index (κ1) is 9.77. The first-order chi connectivity index (χ1) is 6.46. The van der Waals surface area contributed by atoms with Crippen LogP contribution in [0.25, 0.3) is 0 Å². The SMILES string of the molecule is CC(C)(C)OC(=O)N1CC([C@H]2CO2)C1. The number of nitrogens with zero attached hydrogens (tertiary/aromatic N) is 1. The lowest BCUT2D eigenvalue weighted by molar-refractivity contribution is -0.00482. The van der Waals surface area contributed by atoms with Gasteiger partial charge in [0.15, 0.2) is 0 Å². The fourth-order valence-corrected chi connectivity index (χ4v) is 1.55. The van der Waals surface area contributed by atoms with E-state index in [1.54, 1.807) is 4.90 Å². The molecule has 0 radical (unpaired) electrons. The molecule has 2 fully saturated rings. The van der Waals surface area contributed by atoms with E-state index in [4.69, 9.17) is 9.47 Å². The van der Waals surface area contributed by atoms with Gasteiger partial charge in [-0.2, -0.15) is 0 Å². The van der Waals surface area contributed by atoms with Crippen molar-refractivity contribution in [1.82, 2.24) is 4.90 Å². The number of hydrogen-bond acceptors (Lipinski definition) is 3. The minimum absolute atomic E-state index is 0.200. The molecule has 0 aromatic carbocycles. The van der Waals surface area contributed by atoms with Gasteiger partial charge in [-0.15, -0.1) is 0 Å². The van der Waals surface area contributed by atoms with Gasteiger partial charge < -0.3 is 14.4 Å². The van der Waals surface area contributed by atoms with Crippen LogP contribution in [0.3, 0.4) is 0 Å². The Bertz CT molecular complexity index is 236. The fourth-order valence-electron chi connectivity index (χ4n) is 1.55. The fraction of sp³-hybridized carbons (Fsp3) is 0.900. The number of epoxide rings is 1. The van der Waals surface area contributed by atoms with Crippen LogP contribution in [0.5, 0.6) is 0 Å². The Morgan fingerprint density at radius 3 is 2.43 bits per heavy atom. The summed E-state index contributed by atoms with van der Waals surface area (Å²) < 4.78 is 10.4. The number of hydrogen-bond donors (Lipinski definition) is 0. The lowest BCUT2D eigenvalue weighted by Gasteiger charge is -2.39. The highest BCUT2D eigenvalue weighted by Gasteiger charge is 2.43. The molecule has 14 heavy (non-hydrogen) atoms. The summed E-state index contributed by atoms with van der Waals surface area (Å²) in [7, 11) is 0. The maximum atomic E-state index is 11.5. The molecule has 4 nitrogen and oxygen atoms in total. The number of carbonyl (C=O) groups excluding carboxylic acids is 1. The van der Waals surface area contributed by atoms with Crippen LogP contribution in [-0.2, 0) is 9.47 Å². The molecule has 0 aliphatic carbocycles. The molecule has 1 amide bonds. The highest BCUT2D eigenvalue weighted by atomic mass is 16.6. The van der Waals surface area contributed by atoms with Crippen molar-refractivity contribution in [1.29, 1.82) is 0 Å². The summed E-state index contributed by atoms with van der Waals surface area (Å²) in [5.41, 5.74) is -0.391. The highest BCUT2D eigenvalue weighted by molar-refractivity contribution is 5.69. The molecule has 0 unspecified atom stereocenters. The molecule has 2 aliphatic rings. The number of ether oxygens (including phenoxy) is 2. The summed E-state index contributed by atoms with van der Waals surface area (Å²) in [6, 6.07) is 0. The Hall–Kier alpha value is -0.770. The van der Waals surface area contributed by atoms with Gasteiger partial charge in [0.1, 0.15) is 5.60 Å². The van der Waals surface area contributed by atoms with Gasteiger partial charge in [0, 0.05) is 19.0 Å². The van der Waals surface area contributed by atoms with Gasteiger partial charge in [-0.25, -0.2) is 4.79 Å². The third kappa shape index (κ3) is 2.18. The third-order valence-electron chi connectivity index (χ3n) is 2.45. The lowest BCUT2D eigenvalue weighted by atomic mass is 9.97. The van der Waals surface area contributed by atoms with E-state index in [9.17, 15) is 4.79 Å². The van der Waals surface area contributed by atoms with Crippen LogP contribution in [0.2, 0.25) is 0 Å². The van der Waals surface area contributed by atoms with Crippen LogP contribution in [0.15, 0.2) is 0 Å². The smallest absolute Gasteiger partial charge is 0.410 e. The summed E-state index contributed by atoms with van der Waals surface area (Å²) in [6.07, 6.45) is 0.211. The Kier molecular flexibility index (Phi) is 2.18. The standard InChI is InChI=1S/C10H17NO3/c1-10(2,3)14-9(12)11-4-7(5-11)8-6-13-8/h7-8H,4-6H2,1-3H3/t8-/m1/s1. The molecular formula is C10H17NO3. The van der Waals surface area contributed by atoms with Gasteiger partial charge in [-0.05, 0) is 20.8 Å². The van der Waals surface area contributed by atoms with Crippen molar-refractivity contribution >= 4 is 6.09 Å². The van der Waals surface area contributed by atoms with Gasteiger partial charge in [-0.1, -0.05) is 0 Å². The van der Waals surface area contributed by atoms with Crippen LogP contribution >= 0.6 is 0 Å². The predicted molar refractivity (Wildman–Crippen MR) is 51.0 cm³/mol. The van der Waals surface area contributed by atoms with Crippen molar-refractivity contribution in [2.45, 2.75) is 32.5 Å². The molecule has 0 N–H and O–H groups in total. The average Bonchev–Trinajstić information content (AvgIpc) is 2.61. The summed E-state index contributed by atoms with van der Waals surface area (Å²) in [5.74, 6) is 0.544. The van der Waals surface area contributed by atoms with Gasteiger partial charge >= 0.3 is 6.09 Å². The summed E-state index contributed by atoms with van der Waals surface area (Å²) in [5, 5.41) is 0. The second kappa shape index (κ2) is 3.12. The number of carbonyl (C=O) groups is 1. The average molecular weight is 199 g/mol. The van der Waals surface area contributed by atoms with E-state index in [1.807, 2.05) is 20.8 Å². The summed E-state index contributed by atoms with van der Waals surface area (Å²) in [6.45, 7) is 8.09. The predicted octanol–water partition coefficient (Wildman–Crippen LogP) is 1.25. The Morgan fingerprint density at radius 2 is 2.00 bits per heavy atom. The Labute approximate surface area is 84.2 Å². The molecular weight excluding hydrogens is 182 g/mol. The summed E-state index contributed by atoms with van der Waals surface area (Å²) in [4.78, 5) is 13.2. The van der Waals surface area contributed by atoms with Crippen molar-refractivity contribution < 1.29 is 14.3 Å². The van der Waals surface area contributed by atoms with Crippen molar-refractivity contribution in [2.24, 2.45) is 5.92 Å². The molecule has 0 spiro atoms. The van der Waals surface area contributed by atoms with Crippen LogP contribution in [0.4, 0.5) is 4.79 Å². The molecule has 4 heteroatoms.